The minimum Gasteiger partial charge on any atom is -0.464 e. The second-order valence-corrected chi connectivity index (χ2v) is 6.90. The standard InChI is InChI=1S/C19H25NO2/c1-19(2,21)17-5-3-11-20(14-17)13-15-7-9-16(10-8-15)18-6-4-12-22-18/h4,6-10,12,17,21H,3,5,11,13-14H2,1-2H3. The second kappa shape index (κ2) is 6.27. The lowest BCUT2D eigenvalue weighted by Crippen LogP contribution is -2.44. The van der Waals surface area contributed by atoms with Gasteiger partial charge in [-0.15, -0.1) is 0 Å². The van der Waals surface area contributed by atoms with Crippen molar-refractivity contribution in [1.82, 2.24) is 4.90 Å². The molecule has 0 saturated carbocycles. The number of aliphatic hydroxyl groups is 1. The first-order valence-electron chi connectivity index (χ1n) is 8.10. The van der Waals surface area contributed by atoms with Gasteiger partial charge in [0.05, 0.1) is 11.9 Å². The highest BCUT2D eigenvalue weighted by atomic mass is 16.3. The zero-order valence-electron chi connectivity index (χ0n) is 13.5. The second-order valence-electron chi connectivity index (χ2n) is 6.90. The molecule has 3 rings (SSSR count). The van der Waals surface area contributed by atoms with Gasteiger partial charge in [0.15, 0.2) is 0 Å². The van der Waals surface area contributed by atoms with Crippen LogP contribution in [0.15, 0.2) is 47.1 Å². The zero-order valence-corrected chi connectivity index (χ0v) is 13.5. The fourth-order valence-corrected chi connectivity index (χ4v) is 3.25. The highest BCUT2D eigenvalue weighted by molar-refractivity contribution is 5.57. The van der Waals surface area contributed by atoms with Crippen molar-refractivity contribution < 1.29 is 9.52 Å². The van der Waals surface area contributed by atoms with Crippen LogP contribution >= 0.6 is 0 Å². The van der Waals surface area contributed by atoms with Gasteiger partial charge in [-0.3, -0.25) is 4.90 Å². The molecule has 1 atom stereocenters. The third-order valence-electron chi connectivity index (χ3n) is 4.67. The predicted octanol–water partition coefficient (Wildman–Crippen LogP) is 3.93. The number of hydrogen-bond donors (Lipinski definition) is 1. The minimum absolute atomic E-state index is 0.364. The van der Waals surface area contributed by atoms with E-state index in [1.807, 2.05) is 26.0 Å². The van der Waals surface area contributed by atoms with Crippen molar-refractivity contribution in [2.45, 2.75) is 38.8 Å². The lowest BCUT2D eigenvalue weighted by atomic mass is 9.84. The molecule has 1 aliphatic heterocycles. The van der Waals surface area contributed by atoms with Crippen molar-refractivity contribution in [2.75, 3.05) is 13.1 Å². The van der Waals surface area contributed by atoms with Gasteiger partial charge in [0.2, 0.25) is 0 Å². The molecule has 0 amide bonds. The van der Waals surface area contributed by atoms with Gasteiger partial charge in [-0.05, 0) is 56.8 Å². The fourth-order valence-electron chi connectivity index (χ4n) is 3.25. The lowest BCUT2D eigenvalue weighted by Gasteiger charge is -2.38. The number of likely N-dealkylation sites (tertiary alicyclic amines) is 1. The quantitative estimate of drug-likeness (QED) is 0.929. The molecule has 22 heavy (non-hydrogen) atoms. The molecule has 1 aromatic heterocycles. The SMILES string of the molecule is CC(C)(O)C1CCCN(Cc2ccc(-c3ccco3)cc2)C1. The first kappa shape index (κ1) is 15.3. The summed E-state index contributed by atoms with van der Waals surface area (Å²) < 4.78 is 5.42. The highest BCUT2D eigenvalue weighted by Crippen LogP contribution is 2.28. The Labute approximate surface area is 132 Å². The average molecular weight is 299 g/mol. The Bertz CT molecular complexity index is 581. The third kappa shape index (κ3) is 3.60. The van der Waals surface area contributed by atoms with Gasteiger partial charge < -0.3 is 9.52 Å². The molecule has 3 heteroatoms. The van der Waals surface area contributed by atoms with Crippen molar-refractivity contribution in [3.8, 4) is 11.3 Å². The Kier molecular flexibility index (Phi) is 4.37. The van der Waals surface area contributed by atoms with Gasteiger partial charge in [-0.1, -0.05) is 24.3 Å². The molecule has 2 heterocycles. The minimum atomic E-state index is -0.582. The third-order valence-corrected chi connectivity index (χ3v) is 4.67. The van der Waals surface area contributed by atoms with E-state index >= 15 is 0 Å². The molecule has 1 saturated heterocycles. The van der Waals surface area contributed by atoms with Gasteiger partial charge in [-0.2, -0.15) is 0 Å². The molecule has 1 aliphatic rings. The number of rotatable bonds is 4. The predicted molar refractivity (Wildman–Crippen MR) is 88.4 cm³/mol. The largest absolute Gasteiger partial charge is 0.464 e. The topological polar surface area (TPSA) is 36.6 Å². The summed E-state index contributed by atoms with van der Waals surface area (Å²) >= 11 is 0. The van der Waals surface area contributed by atoms with E-state index in [4.69, 9.17) is 4.42 Å². The summed E-state index contributed by atoms with van der Waals surface area (Å²) in [5.74, 6) is 1.27. The van der Waals surface area contributed by atoms with Crippen LogP contribution in [0.2, 0.25) is 0 Å². The Morgan fingerprint density at radius 2 is 2.00 bits per heavy atom. The number of hydrogen-bond acceptors (Lipinski definition) is 3. The van der Waals surface area contributed by atoms with Crippen molar-refractivity contribution in [3.63, 3.8) is 0 Å². The van der Waals surface area contributed by atoms with Crippen LogP contribution in [-0.2, 0) is 6.54 Å². The molecule has 1 aromatic carbocycles. The number of benzene rings is 1. The van der Waals surface area contributed by atoms with E-state index in [0.717, 1.165) is 37.4 Å². The molecule has 118 valence electrons. The molecule has 1 unspecified atom stereocenters. The molecular formula is C19H25NO2. The van der Waals surface area contributed by atoms with E-state index in [1.165, 1.54) is 12.0 Å². The van der Waals surface area contributed by atoms with Gasteiger partial charge in [0.25, 0.3) is 0 Å². The van der Waals surface area contributed by atoms with Crippen molar-refractivity contribution in [2.24, 2.45) is 5.92 Å². The van der Waals surface area contributed by atoms with E-state index in [2.05, 4.69) is 29.2 Å². The molecule has 2 aromatic rings. The summed E-state index contributed by atoms with van der Waals surface area (Å²) in [5.41, 5.74) is 1.84. The van der Waals surface area contributed by atoms with Crippen molar-refractivity contribution >= 4 is 0 Å². The highest BCUT2D eigenvalue weighted by Gasteiger charge is 2.31. The maximum atomic E-state index is 10.2. The Morgan fingerprint density at radius 3 is 2.64 bits per heavy atom. The smallest absolute Gasteiger partial charge is 0.133 e. The summed E-state index contributed by atoms with van der Waals surface area (Å²) in [5, 5.41) is 10.2. The summed E-state index contributed by atoms with van der Waals surface area (Å²) in [6.45, 7) is 6.90. The monoisotopic (exact) mass is 299 g/mol. The molecule has 0 radical (unpaired) electrons. The van der Waals surface area contributed by atoms with Crippen LogP contribution in [0.4, 0.5) is 0 Å². The van der Waals surface area contributed by atoms with Crippen LogP contribution in [-0.4, -0.2) is 28.7 Å². The maximum absolute atomic E-state index is 10.2. The molecule has 3 nitrogen and oxygen atoms in total. The number of furan rings is 1. The van der Waals surface area contributed by atoms with Crippen molar-refractivity contribution in [3.05, 3.63) is 48.2 Å². The first-order chi connectivity index (χ1) is 10.5. The van der Waals surface area contributed by atoms with E-state index in [-0.39, 0.29) is 0 Å². The number of nitrogens with zero attached hydrogens (tertiary/aromatic N) is 1. The van der Waals surface area contributed by atoms with Crippen LogP contribution < -0.4 is 0 Å². The van der Waals surface area contributed by atoms with Crippen LogP contribution in [0.1, 0.15) is 32.3 Å². The van der Waals surface area contributed by atoms with Gasteiger partial charge in [0, 0.05) is 18.7 Å². The van der Waals surface area contributed by atoms with Gasteiger partial charge in [0.1, 0.15) is 5.76 Å². The molecule has 1 fully saturated rings. The van der Waals surface area contributed by atoms with E-state index in [1.54, 1.807) is 6.26 Å². The molecular weight excluding hydrogens is 274 g/mol. The summed E-state index contributed by atoms with van der Waals surface area (Å²) in [6, 6.07) is 12.5. The Hall–Kier alpha value is -1.58. The van der Waals surface area contributed by atoms with Gasteiger partial charge >= 0.3 is 0 Å². The molecule has 0 spiro atoms. The molecule has 0 aliphatic carbocycles. The maximum Gasteiger partial charge on any atom is 0.133 e. The van der Waals surface area contributed by atoms with E-state index in [0.29, 0.717) is 5.92 Å². The van der Waals surface area contributed by atoms with Crippen molar-refractivity contribution in [1.29, 1.82) is 0 Å². The molecule has 1 N–H and O–H groups in total. The fraction of sp³-hybridized carbons (Fsp3) is 0.474. The normalized spacial score (nSPS) is 20.2. The lowest BCUT2D eigenvalue weighted by molar-refractivity contribution is -0.0198. The van der Waals surface area contributed by atoms with Crippen LogP contribution in [0.5, 0.6) is 0 Å². The van der Waals surface area contributed by atoms with Crippen LogP contribution in [0.25, 0.3) is 11.3 Å². The summed E-state index contributed by atoms with van der Waals surface area (Å²) in [6.07, 6.45) is 3.99. The number of piperidine rings is 1. The van der Waals surface area contributed by atoms with Crippen LogP contribution in [0, 0.1) is 5.92 Å². The first-order valence-corrected chi connectivity index (χ1v) is 8.10. The summed E-state index contributed by atoms with van der Waals surface area (Å²) in [4.78, 5) is 2.45. The van der Waals surface area contributed by atoms with E-state index < -0.39 is 5.60 Å². The zero-order chi connectivity index (χ0) is 15.6. The molecule has 0 bridgehead atoms. The summed E-state index contributed by atoms with van der Waals surface area (Å²) in [7, 11) is 0. The Balaban J connectivity index is 1.63. The van der Waals surface area contributed by atoms with E-state index in [9.17, 15) is 5.11 Å². The Morgan fingerprint density at radius 1 is 1.23 bits per heavy atom. The van der Waals surface area contributed by atoms with Crippen LogP contribution in [0.3, 0.4) is 0 Å². The average Bonchev–Trinajstić information content (AvgIpc) is 3.02. The van der Waals surface area contributed by atoms with Gasteiger partial charge in [-0.25, -0.2) is 0 Å².